The van der Waals surface area contributed by atoms with Gasteiger partial charge in [-0.3, -0.25) is 4.79 Å². The van der Waals surface area contributed by atoms with E-state index in [-0.39, 0.29) is 43.6 Å². The molecule has 1 saturated heterocycles. The largest absolute Gasteiger partial charge is 0.375 e. The first-order valence-corrected chi connectivity index (χ1v) is 14.4. The molecule has 4 rings (SSSR count). The molecule has 1 aliphatic carbocycles. The minimum atomic E-state index is -2.63. The van der Waals surface area contributed by atoms with Gasteiger partial charge < -0.3 is 14.8 Å². The number of hydrogen-bond donors (Lipinski definition) is 1. The molecule has 2 fully saturated rings. The smallest absolute Gasteiger partial charge is 0.248 e. The van der Waals surface area contributed by atoms with Gasteiger partial charge >= 0.3 is 0 Å². The molecule has 2 atom stereocenters. The summed E-state index contributed by atoms with van der Waals surface area (Å²) in [5.41, 5.74) is 2.31. The van der Waals surface area contributed by atoms with E-state index in [0.29, 0.717) is 12.0 Å². The first-order chi connectivity index (χ1) is 17.4. The quantitative estimate of drug-likeness (QED) is 0.415. The van der Waals surface area contributed by atoms with Gasteiger partial charge in [0.15, 0.2) is 0 Å². The summed E-state index contributed by atoms with van der Waals surface area (Å²) >= 11 is 1.71. The minimum Gasteiger partial charge on any atom is -0.375 e. The van der Waals surface area contributed by atoms with Gasteiger partial charge in [0.25, 0.3) is 0 Å². The van der Waals surface area contributed by atoms with E-state index in [2.05, 4.69) is 65.3 Å². The predicted molar refractivity (Wildman–Crippen MR) is 144 cm³/mol. The molecule has 3 heterocycles. The molecule has 0 spiro atoms. The molecule has 2 aromatic rings. The Kier molecular flexibility index (Phi) is 8.41. The molecule has 1 unspecified atom stereocenters. The highest BCUT2D eigenvalue weighted by Gasteiger charge is 2.38. The third kappa shape index (κ3) is 6.41. The van der Waals surface area contributed by atoms with Crippen molar-refractivity contribution in [3.05, 3.63) is 45.3 Å². The van der Waals surface area contributed by atoms with Gasteiger partial charge in [0, 0.05) is 65.7 Å². The normalized spacial score (nSPS) is 21.5. The number of rotatable bonds is 8. The molecule has 2 aliphatic rings. The predicted octanol–water partition coefficient (Wildman–Crippen LogP) is 6.61. The van der Waals surface area contributed by atoms with Crippen molar-refractivity contribution in [2.75, 3.05) is 13.1 Å². The van der Waals surface area contributed by atoms with E-state index in [0.717, 1.165) is 54.6 Å². The minimum absolute atomic E-state index is 0.0916. The summed E-state index contributed by atoms with van der Waals surface area (Å²) in [6.07, 6.45) is 2.68. The van der Waals surface area contributed by atoms with Gasteiger partial charge in [0.05, 0.1) is 6.04 Å². The van der Waals surface area contributed by atoms with Gasteiger partial charge in [-0.1, -0.05) is 20.4 Å². The maximum absolute atomic E-state index is 13.6. The second-order valence-electron chi connectivity index (χ2n) is 11.2. The molecule has 1 N–H and O–H groups in total. The van der Waals surface area contributed by atoms with E-state index in [4.69, 9.17) is 0 Å². The number of alkyl halides is 2. The zero-order valence-corrected chi connectivity index (χ0v) is 23.6. The number of aromatic nitrogens is 3. The lowest BCUT2D eigenvalue weighted by Crippen LogP contribution is -2.39. The highest BCUT2D eigenvalue weighted by molar-refractivity contribution is 7.12. The molecule has 0 radical (unpaired) electrons. The van der Waals surface area contributed by atoms with Crippen LogP contribution in [-0.4, -0.2) is 44.6 Å². The molecule has 9 heteroatoms. The third-order valence-electron chi connectivity index (χ3n) is 8.05. The van der Waals surface area contributed by atoms with Gasteiger partial charge in [-0.2, -0.15) is 0 Å². The number of aryl methyl sites for hydroxylation is 3. The zero-order chi connectivity index (χ0) is 26.9. The first-order valence-electron chi connectivity index (χ1n) is 13.5. The lowest BCUT2D eigenvalue weighted by atomic mass is 9.86. The van der Waals surface area contributed by atoms with Crippen molar-refractivity contribution in [1.82, 2.24) is 25.0 Å². The topological polar surface area (TPSA) is 63.1 Å². The van der Waals surface area contributed by atoms with Crippen LogP contribution >= 0.6 is 11.3 Å². The fourth-order valence-corrected chi connectivity index (χ4v) is 6.75. The monoisotopic (exact) mass is 533 g/mol. The fraction of sp³-hybridized carbons (Fsp3) is 0.679. The second kappa shape index (κ2) is 11.2. The molecule has 0 bridgehead atoms. The van der Waals surface area contributed by atoms with Crippen LogP contribution in [0, 0.1) is 26.7 Å². The van der Waals surface area contributed by atoms with Crippen molar-refractivity contribution >= 4 is 17.2 Å². The fourth-order valence-electron chi connectivity index (χ4n) is 5.62. The average Bonchev–Trinajstić information content (AvgIpc) is 3.38. The molecule has 1 saturated carbocycles. The van der Waals surface area contributed by atoms with Gasteiger partial charge in [0.1, 0.15) is 11.6 Å². The summed E-state index contributed by atoms with van der Waals surface area (Å²) in [5.74, 6) is -0.781. The Morgan fingerprint density at radius 2 is 1.92 bits per heavy atom. The van der Waals surface area contributed by atoms with Gasteiger partial charge in [-0.15, -0.1) is 21.5 Å². The Bertz CT molecular complexity index is 1090. The summed E-state index contributed by atoms with van der Waals surface area (Å²) < 4.78 is 29.5. The number of nitrogens with one attached hydrogen (secondary N) is 1. The van der Waals surface area contributed by atoms with E-state index in [9.17, 15) is 13.6 Å². The van der Waals surface area contributed by atoms with E-state index < -0.39 is 5.92 Å². The van der Waals surface area contributed by atoms with Crippen LogP contribution in [0.5, 0.6) is 0 Å². The summed E-state index contributed by atoms with van der Waals surface area (Å²) in [6.45, 7) is 16.5. The van der Waals surface area contributed by atoms with Gasteiger partial charge in [0.2, 0.25) is 11.8 Å². The lowest BCUT2D eigenvalue weighted by Gasteiger charge is -2.37. The summed E-state index contributed by atoms with van der Waals surface area (Å²) in [6, 6.07) is 2.33. The standard InChI is InChI=1S/C28H41F2N5OS/c1-17(2)26-33-32-21(6)35(26)23-9-13-34(19(4)16-23)14-10-24(25-15-18(3)20(5)37-25)31-27(36)22-7-11-28(29,30)12-8-22/h15,17,22-24H,4,7-14,16H2,1-3,5-6H3,(H,31,36)/t23?,24-/m0/s1. The van der Waals surface area contributed by atoms with Crippen LogP contribution in [0.15, 0.2) is 18.3 Å². The molecule has 1 aliphatic heterocycles. The third-order valence-corrected chi connectivity index (χ3v) is 9.31. The number of amides is 1. The maximum atomic E-state index is 13.6. The van der Waals surface area contributed by atoms with E-state index in [1.165, 1.54) is 10.4 Å². The number of likely N-dealkylation sites (tertiary alicyclic amines) is 1. The first kappa shape index (κ1) is 27.7. The number of nitrogens with zero attached hydrogens (tertiary/aromatic N) is 4. The highest BCUT2D eigenvalue weighted by Crippen LogP contribution is 2.37. The Hall–Kier alpha value is -2.29. The molecule has 37 heavy (non-hydrogen) atoms. The Labute approximate surface area is 223 Å². The SMILES string of the molecule is C=C1CC(n2c(C)nnc2C(C)C)CCN1CC[C@H](NC(=O)C1CCC(F)(F)CC1)c1cc(C)c(C)s1. The average molecular weight is 534 g/mol. The van der Waals surface area contributed by atoms with Crippen LogP contribution in [0.25, 0.3) is 0 Å². The number of carbonyl (C=O) groups is 1. The van der Waals surface area contributed by atoms with Crippen molar-refractivity contribution < 1.29 is 13.6 Å². The van der Waals surface area contributed by atoms with Crippen molar-refractivity contribution in [1.29, 1.82) is 0 Å². The molecule has 6 nitrogen and oxygen atoms in total. The summed E-state index contributed by atoms with van der Waals surface area (Å²) in [7, 11) is 0. The summed E-state index contributed by atoms with van der Waals surface area (Å²) in [5, 5.41) is 12.0. The highest BCUT2D eigenvalue weighted by atomic mass is 32.1. The van der Waals surface area contributed by atoms with Crippen LogP contribution in [0.2, 0.25) is 0 Å². The molecular weight excluding hydrogens is 492 g/mol. The Morgan fingerprint density at radius 3 is 2.51 bits per heavy atom. The molecule has 2 aromatic heterocycles. The number of hydrogen-bond acceptors (Lipinski definition) is 5. The van der Waals surface area contributed by atoms with E-state index in [1.54, 1.807) is 11.3 Å². The van der Waals surface area contributed by atoms with Crippen molar-refractivity contribution in [3.8, 4) is 0 Å². The van der Waals surface area contributed by atoms with Crippen LogP contribution < -0.4 is 5.32 Å². The lowest BCUT2D eigenvalue weighted by molar-refractivity contribution is -0.130. The van der Waals surface area contributed by atoms with Crippen LogP contribution in [0.1, 0.15) is 104 Å². The number of allylic oxidation sites excluding steroid dienone is 1. The second-order valence-corrected chi connectivity index (χ2v) is 12.5. The maximum Gasteiger partial charge on any atom is 0.248 e. The number of thiophene rings is 1. The molecule has 1 amide bonds. The number of piperidine rings is 1. The van der Waals surface area contributed by atoms with Crippen LogP contribution in [0.3, 0.4) is 0 Å². The molecular formula is C28H41F2N5OS. The van der Waals surface area contributed by atoms with Gasteiger partial charge in [-0.25, -0.2) is 8.78 Å². The number of halogens is 2. The van der Waals surface area contributed by atoms with Crippen molar-refractivity contribution in [3.63, 3.8) is 0 Å². The van der Waals surface area contributed by atoms with Crippen LogP contribution in [-0.2, 0) is 4.79 Å². The molecule has 204 valence electrons. The van der Waals surface area contributed by atoms with E-state index >= 15 is 0 Å². The zero-order valence-electron chi connectivity index (χ0n) is 22.8. The Balaban J connectivity index is 1.40. The molecule has 0 aromatic carbocycles. The van der Waals surface area contributed by atoms with Crippen molar-refractivity contribution in [2.45, 2.75) is 103 Å². The van der Waals surface area contributed by atoms with Crippen LogP contribution in [0.4, 0.5) is 8.78 Å². The van der Waals surface area contributed by atoms with Crippen molar-refractivity contribution in [2.24, 2.45) is 5.92 Å². The Morgan fingerprint density at radius 1 is 1.22 bits per heavy atom. The van der Waals surface area contributed by atoms with Gasteiger partial charge in [-0.05, 0) is 58.1 Å². The van der Waals surface area contributed by atoms with E-state index in [1.807, 2.05) is 6.92 Å². The summed E-state index contributed by atoms with van der Waals surface area (Å²) in [4.78, 5) is 17.8. The number of carbonyl (C=O) groups excluding carboxylic acids is 1.